The Labute approximate surface area is 162 Å². The van der Waals surface area contributed by atoms with E-state index in [2.05, 4.69) is 10.6 Å². The summed E-state index contributed by atoms with van der Waals surface area (Å²) >= 11 is 0. The van der Waals surface area contributed by atoms with Crippen LogP contribution >= 0.6 is 0 Å². The predicted octanol–water partition coefficient (Wildman–Crippen LogP) is 2.52. The number of methoxy groups -OCH3 is 1. The molecular formula is C20H21N3O5. The number of para-hydroxylation sites is 1. The lowest BCUT2D eigenvalue weighted by atomic mass is 10.0. The van der Waals surface area contributed by atoms with Crippen LogP contribution in [0.15, 0.2) is 36.4 Å². The smallest absolute Gasteiger partial charge is 0.325 e. The molecule has 0 atom stereocenters. The summed E-state index contributed by atoms with van der Waals surface area (Å²) in [6.45, 7) is 0.955. The van der Waals surface area contributed by atoms with Crippen LogP contribution in [0.4, 0.5) is 16.2 Å². The van der Waals surface area contributed by atoms with Crippen molar-refractivity contribution in [3.05, 3.63) is 42.0 Å². The van der Waals surface area contributed by atoms with E-state index in [1.165, 1.54) is 0 Å². The molecule has 0 aromatic heterocycles. The van der Waals surface area contributed by atoms with E-state index in [9.17, 15) is 9.59 Å². The summed E-state index contributed by atoms with van der Waals surface area (Å²) in [6.07, 6.45) is 1.88. The third kappa shape index (κ3) is 3.66. The molecule has 2 aromatic carbocycles. The number of hydrogen-bond acceptors (Lipinski definition) is 6. The van der Waals surface area contributed by atoms with Gasteiger partial charge in [0.05, 0.1) is 19.3 Å². The van der Waals surface area contributed by atoms with Gasteiger partial charge in [-0.05, 0) is 36.6 Å². The molecule has 28 heavy (non-hydrogen) atoms. The number of urea groups is 1. The first-order valence-electron chi connectivity index (χ1n) is 9.05. The highest BCUT2D eigenvalue weighted by Gasteiger charge is 2.23. The Morgan fingerprint density at radius 3 is 2.89 bits per heavy atom. The number of fused-ring (bicyclic) bond motifs is 2. The van der Waals surface area contributed by atoms with Crippen LogP contribution < -0.4 is 29.7 Å². The number of ether oxygens (including phenoxy) is 3. The fourth-order valence-electron chi connectivity index (χ4n) is 3.50. The topological polar surface area (TPSA) is 89.1 Å². The second-order valence-corrected chi connectivity index (χ2v) is 6.56. The summed E-state index contributed by atoms with van der Waals surface area (Å²) in [7, 11) is 1.61. The molecule has 0 radical (unpaired) electrons. The van der Waals surface area contributed by atoms with Gasteiger partial charge in [0.2, 0.25) is 12.7 Å². The minimum Gasteiger partial charge on any atom is -0.495 e. The van der Waals surface area contributed by atoms with Crippen LogP contribution in [-0.4, -0.2) is 38.9 Å². The Kier molecular flexibility index (Phi) is 4.92. The standard InChI is InChI=1S/C20H21N3O5/c1-26-16-6-2-4-13-5-3-9-23(19(13)16)11-18(24)22-20(25)21-14-7-8-15-17(10-14)28-12-27-15/h2,4,6-8,10H,3,5,9,11-12H2,1H3,(H2,21,22,24,25). The Morgan fingerprint density at radius 2 is 2.04 bits per heavy atom. The summed E-state index contributed by atoms with van der Waals surface area (Å²) in [4.78, 5) is 26.5. The van der Waals surface area contributed by atoms with Crippen molar-refractivity contribution in [1.82, 2.24) is 5.32 Å². The number of aryl methyl sites for hydroxylation is 1. The predicted molar refractivity (Wildman–Crippen MR) is 103 cm³/mol. The number of amides is 3. The van der Waals surface area contributed by atoms with E-state index in [1.807, 2.05) is 23.1 Å². The zero-order valence-electron chi connectivity index (χ0n) is 15.5. The van der Waals surface area contributed by atoms with Gasteiger partial charge >= 0.3 is 6.03 Å². The molecule has 0 saturated carbocycles. The molecule has 146 valence electrons. The van der Waals surface area contributed by atoms with E-state index >= 15 is 0 Å². The number of imide groups is 1. The van der Waals surface area contributed by atoms with E-state index in [1.54, 1.807) is 25.3 Å². The molecule has 3 amide bonds. The number of nitrogens with zero attached hydrogens (tertiary/aromatic N) is 1. The number of benzene rings is 2. The zero-order chi connectivity index (χ0) is 19.5. The maximum atomic E-state index is 12.4. The van der Waals surface area contributed by atoms with Crippen LogP contribution in [-0.2, 0) is 11.2 Å². The molecule has 2 aliphatic heterocycles. The second-order valence-electron chi connectivity index (χ2n) is 6.56. The summed E-state index contributed by atoms with van der Waals surface area (Å²) in [6, 6.07) is 10.3. The van der Waals surface area contributed by atoms with Crippen molar-refractivity contribution in [3.63, 3.8) is 0 Å². The van der Waals surface area contributed by atoms with Crippen molar-refractivity contribution < 1.29 is 23.8 Å². The summed E-state index contributed by atoms with van der Waals surface area (Å²) in [5, 5.41) is 5.00. The molecule has 0 bridgehead atoms. The normalized spacial score (nSPS) is 14.2. The minimum absolute atomic E-state index is 0.0714. The van der Waals surface area contributed by atoms with Gasteiger partial charge in [0.1, 0.15) is 5.75 Å². The molecule has 8 heteroatoms. The van der Waals surface area contributed by atoms with Crippen molar-refractivity contribution in [2.75, 3.05) is 37.2 Å². The van der Waals surface area contributed by atoms with Gasteiger partial charge < -0.3 is 24.4 Å². The molecular weight excluding hydrogens is 362 g/mol. The Balaban J connectivity index is 1.38. The van der Waals surface area contributed by atoms with Gasteiger partial charge in [-0.1, -0.05) is 12.1 Å². The average Bonchev–Trinajstić information content (AvgIpc) is 3.15. The van der Waals surface area contributed by atoms with Crippen molar-refractivity contribution in [1.29, 1.82) is 0 Å². The van der Waals surface area contributed by atoms with Crippen LogP contribution in [0.5, 0.6) is 17.2 Å². The number of carbonyl (C=O) groups is 2. The van der Waals surface area contributed by atoms with E-state index in [0.717, 1.165) is 36.4 Å². The van der Waals surface area contributed by atoms with E-state index in [-0.39, 0.29) is 13.3 Å². The molecule has 0 unspecified atom stereocenters. The molecule has 4 rings (SSSR count). The molecule has 2 N–H and O–H groups in total. The first-order chi connectivity index (χ1) is 13.6. The lowest BCUT2D eigenvalue weighted by Crippen LogP contribution is -2.43. The molecule has 0 fully saturated rings. The van der Waals surface area contributed by atoms with Gasteiger partial charge in [-0.15, -0.1) is 0 Å². The SMILES string of the molecule is COc1cccc2c1N(CC(=O)NC(=O)Nc1ccc3c(c1)OCO3)CCC2. The summed E-state index contributed by atoms with van der Waals surface area (Å²) in [5.74, 6) is 1.52. The largest absolute Gasteiger partial charge is 0.495 e. The summed E-state index contributed by atoms with van der Waals surface area (Å²) < 4.78 is 16.0. The van der Waals surface area contributed by atoms with E-state index < -0.39 is 11.9 Å². The van der Waals surface area contributed by atoms with E-state index in [0.29, 0.717) is 17.2 Å². The molecule has 0 saturated heterocycles. The highest BCUT2D eigenvalue weighted by Crippen LogP contribution is 2.36. The minimum atomic E-state index is -0.596. The number of anilines is 2. The second kappa shape index (κ2) is 7.67. The number of rotatable bonds is 4. The fourth-order valence-corrected chi connectivity index (χ4v) is 3.50. The molecule has 0 spiro atoms. The van der Waals surface area contributed by atoms with Gasteiger partial charge in [0, 0.05) is 18.3 Å². The zero-order valence-corrected chi connectivity index (χ0v) is 15.5. The average molecular weight is 383 g/mol. The van der Waals surface area contributed by atoms with Crippen LogP contribution in [0.1, 0.15) is 12.0 Å². The Bertz CT molecular complexity index is 900. The van der Waals surface area contributed by atoms with Crippen LogP contribution in [0, 0.1) is 0 Å². The van der Waals surface area contributed by atoms with Crippen molar-refractivity contribution >= 4 is 23.3 Å². The highest BCUT2D eigenvalue weighted by atomic mass is 16.7. The molecule has 2 heterocycles. The maximum Gasteiger partial charge on any atom is 0.325 e. The van der Waals surface area contributed by atoms with Crippen LogP contribution in [0.3, 0.4) is 0 Å². The first-order valence-corrected chi connectivity index (χ1v) is 9.05. The molecule has 2 aromatic rings. The lowest BCUT2D eigenvalue weighted by molar-refractivity contribution is -0.118. The maximum absolute atomic E-state index is 12.4. The number of carbonyl (C=O) groups excluding carboxylic acids is 2. The van der Waals surface area contributed by atoms with Gasteiger partial charge in [0.15, 0.2) is 11.5 Å². The molecule has 0 aliphatic carbocycles. The molecule has 2 aliphatic rings. The van der Waals surface area contributed by atoms with Gasteiger partial charge in [-0.2, -0.15) is 0 Å². The highest BCUT2D eigenvalue weighted by molar-refractivity contribution is 6.02. The lowest BCUT2D eigenvalue weighted by Gasteiger charge is -2.31. The Morgan fingerprint density at radius 1 is 1.18 bits per heavy atom. The van der Waals surface area contributed by atoms with Crippen molar-refractivity contribution in [3.8, 4) is 17.2 Å². The van der Waals surface area contributed by atoms with Crippen molar-refractivity contribution in [2.45, 2.75) is 12.8 Å². The first kappa shape index (κ1) is 18.0. The van der Waals surface area contributed by atoms with Crippen molar-refractivity contribution in [2.24, 2.45) is 0 Å². The fraction of sp³-hybridized carbons (Fsp3) is 0.300. The number of nitrogens with one attached hydrogen (secondary N) is 2. The summed E-state index contributed by atoms with van der Waals surface area (Å²) in [5.41, 5.74) is 2.57. The van der Waals surface area contributed by atoms with E-state index in [4.69, 9.17) is 14.2 Å². The van der Waals surface area contributed by atoms with Crippen LogP contribution in [0.25, 0.3) is 0 Å². The van der Waals surface area contributed by atoms with Gasteiger partial charge in [-0.3, -0.25) is 10.1 Å². The van der Waals surface area contributed by atoms with Gasteiger partial charge in [-0.25, -0.2) is 4.79 Å². The monoisotopic (exact) mass is 383 g/mol. The van der Waals surface area contributed by atoms with Gasteiger partial charge in [0.25, 0.3) is 0 Å². The third-order valence-electron chi connectivity index (χ3n) is 4.71. The Hall–Kier alpha value is -3.42. The quantitative estimate of drug-likeness (QED) is 0.843. The van der Waals surface area contributed by atoms with Crippen LogP contribution in [0.2, 0.25) is 0 Å². The number of hydrogen-bond donors (Lipinski definition) is 2. The molecule has 8 nitrogen and oxygen atoms in total. The third-order valence-corrected chi connectivity index (χ3v) is 4.71.